The number of piperidine rings is 1. The Morgan fingerprint density at radius 3 is 2.40 bits per heavy atom. The molecule has 5 heterocycles. The summed E-state index contributed by atoms with van der Waals surface area (Å²) >= 11 is 1.59. The number of nitrogens with two attached hydrogens (primary N) is 1. The van der Waals surface area contributed by atoms with E-state index in [-0.39, 0.29) is 48.5 Å². The molecule has 4 atom stereocenters. The zero-order valence-electron chi connectivity index (χ0n) is 36.4. The van der Waals surface area contributed by atoms with Crippen LogP contribution in [0.1, 0.15) is 102 Å². The fourth-order valence-corrected chi connectivity index (χ4v) is 9.48. The minimum absolute atomic E-state index is 0.0278. The number of aryl methyl sites for hydroxylation is 1. The molecule has 330 valence electrons. The van der Waals surface area contributed by atoms with Gasteiger partial charge >= 0.3 is 0 Å². The number of β-amino-alcohol motifs (C(OH)–C–C–N with tert-alkyl or cyclic N) is 1. The number of benzene rings is 2. The number of nitrogens with zero attached hydrogens (tertiary/aromatic N) is 7. The molecule has 2 aliphatic rings. The number of nitrogens with one attached hydrogen (secondary N) is 2. The lowest BCUT2D eigenvalue weighted by Crippen LogP contribution is -2.57. The summed E-state index contributed by atoms with van der Waals surface area (Å²) in [6.07, 6.45) is 5.03. The Hall–Kier alpha value is -5.45. The Bertz CT molecular complexity index is 2350. The van der Waals surface area contributed by atoms with Crippen molar-refractivity contribution >= 4 is 45.9 Å². The van der Waals surface area contributed by atoms with Crippen molar-refractivity contribution in [1.82, 2.24) is 45.4 Å². The van der Waals surface area contributed by atoms with E-state index in [9.17, 15) is 24.6 Å². The Morgan fingerprint density at radius 1 is 0.984 bits per heavy atom. The predicted molar refractivity (Wildman–Crippen MR) is 241 cm³/mol. The van der Waals surface area contributed by atoms with Crippen LogP contribution in [0.3, 0.4) is 0 Å². The second-order valence-corrected chi connectivity index (χ2v) is 18.8. The maximum Gasteiger partial charge on any atom is 0.246 e. The predicted octanol–water partition coefficient (Wildman–Crippen LogP) is 6.17. The smallest absolute Gasteiger partial charge is 0.246 e. The summed E-state index contributed by atoms with van der Waals surface area (Å²) in [7, 11) is 0. The maximum atomic E-state index is 14.1. The second-order valence-electron chi connectivity index (χ2n) is 17.9. The minimum Gasteiger partial charge on any atom is -0.507 e. The van der Waals surface area contributed by atoms with E-state index in [1.54, 1.807) is 23.5 Å². The van der Waals surface area contributed by atoms with E-state index in [1.807, 2.05) is 87.3 Å². The number of aromatic nitrogens is 5. The summed E-state index contributed by atoms with van der Waals surface area (Å²) in [6, 6.07) is 15.1. The van der Waals surface area contributed by atoms with Crippen LogP contribution in [-0.2, 0) is 14.4 Å². The molecule has 62 heavy (non-hydrogen) atoms. The molecule has 2 saturated heterocycles. The van der Waals surface area contributed by atoms with Gasteiger partial charge in [-0.25, -0.2) is 4.98 Å². The molecule has 2 fully saturated rings. The topological polar surface area (TPSA) is 205 Å². The fraction of sp³-hybridized carbons (Fsp3) is 0.500. The number of aliphatic hydroxyl groups excluding tert-OH is 1. The first-order valence-corrected chi connectivity index (χ1v) is 22.7. The van der Waals surface area contributed by atoms with Crippen molar-refractivity contribution in [2.45, 2.75) is 116 Å². The van der Waals surface area contributed by atoms with Gasteiger partial charge < -0.3 is 36.4 Å². The van der Waals surface area contributed by atoms with Gasteiger partial charge in [0.15, 0.2) is 11.3 Å². The summed E-state index contributed by atoms with van der Waals surface area (Å²) in [6.45, 7) is 12.4. The number of thiazole rings is 1. The number of fused-ring (bicyclic) bond motifs is 1. The molecule has 0 bridgehead atoms. The number of carbonyl (C=O) groups is 3. The number of anilines is 1. The number of aromatic hydroxyl groups is 1. The number of rotatable bonds is 15. The molecule has 15 nitrogen and oxygen atoms in total. The van der Waals surface area contributed by atoms with E-state index in [1.165, 1.54) is 4.90 Å². The molecule has 0 aliphatic carbocycles. The monoisotopic (exact) mass is 864 g/mol. The summed E-state index contributed by atoms with van der Waals surface area (Å²) in [4.78, 5) is 50.4. The number of phenols is 1. The molecule has 6 N–H and O–H groups in total. The van der Waals surface area contributed by atoms with Gasteiger partial charge in [-0.2, -0.15) is 5.10 Å². The molecule has 0 unspecified atom stereocenters. The second kappa shape index (κ2) is 19.3. The molecule has 5 aromatic rings. The summed E-state index contributed by atoms with van der Waals surface area (Å²) in [5, 5.41) is 40.4. The van der Waals surface area contributed by atoms with Crippen LogP contribution >= 0.6 is 11.3 Å². The Balaban J connectivity index is 0.844. The van der Waals surface area contributed by atoms with Gasteiger partial charge in [-0.15, -0.1) is 21.5 Å². The third kappa shape index (κ3) is 10.2. The number of likely N-dealkylation sites (tertiary alicyclic amines) is 2. The van der Waals surface area contributed by atoms with Crippen molar-refractivity contribution < 1.29 is 24.6 Å². The van der Waals surface area contributed by atoms with Gasteiger partial charge in [0, 0.05) is 38.0 Å². The van der Waals surface area contributed by atoms with E-state index in [2.05, 4.69) is 35.8 Å². The number of nitrogen functional groups attached to an aromatic ring is 1. The average Bonchev–Trinajstić information content (AvgIpc) is 3.96. The molecular formula is C46H60N10O5S. The third-order valence-electron chi connectivity index (χ3n) is 12.3. The Morgan fingerprint density at radius 2 is 1.71 bits per heavy atom. The van der Waals surface area contributed by atoms with Crippen molar-refractivity contribution in [2.24, 2.45) is 5.41 Å². The van der Waals surface area contributed by atoms with Crippen LogP contribution in [-0.4, -0.2) is 107 Å². The molecule has 0 spiro atoms. The summed E-state index contributed by atoms with van der Waals surface area (Å²) in [5.74, 6) is -0.405. The zero-order chi connectivity index (χ0) is 44.1. The lowest BCUT2D eigenvalue weighted by atomic mass is 9.85. The van der Waals surface area contributed by atoms with Crippen molar-refractivity contribution in [3.05, 3.63) is 71.4 Å². The average molecular weight is 865 g/mol. The van der Waals surface area contributed by atoms with E-state index in [0.717, 1.165) is 79.0 Å². The first-order chi connectivity index (χ1) is 29.7. The quantitative estimate of drug-likeness (QED) is 0.0753. The third-order valence-corrected chi connectivity index (χ3v) is 13.2. The lowest BCUT2D eigenvalue weighted by molar-refractivity contribution is -0.144. The molecule has 2 aliphatic heterocycles. The van der Waals surface area contributed by atoms with Crippen molar-refractivity contribution in [3.63, 3.8) is 0 Å². The van der Waals surface area contributed by atoms with Crippen molar-refractivity contribution in [2.75, 3.05) is 31.9 Å². The SMILES string of the molecule is Cc1ncsc1-c1ccc([C@H](C)NC(=O)[C@@H]2C[C@@H](O)CN2C(=O)[C@@H](NC(=O)CCCCCCN2CCC(n3nc(N)c4nnc(-c5ccccc5O)cc43)CC2)C(C)(C)C)cc1. The van der Waals surface area contributed by atoms with E-state index in [4.69, 9.17) is 5.73 Å². The van der Waals surface area contributed by atoms with Crippen LogP contribution in [0.2, 0.25) is 0 Å². The van der Waals surface area contributed by atoms with Gasteiger partial charge in [-0.1, -0.05) is 70.0 Å². The number of carbonyl (C=O) groups excluding carboxylic acids is 3. The standard InChI is InChI=1S/C46H60N10O5S/c1-28(30-15-17-31(18-16-30)41-29(2)48-27-62-41)49-44(60)37-24-33(57)26-55(37)45(61)42(46(3,4)5)50-39(59)14-8-6-7-11-21-54-22-19-32(20-23-54)56-36-25-35(34-12-9-10-13-38(34)58)51-52-40(36)43(47)53-56/h9-10,12-13,15-18,25,27-28,32-33,37,42,57-58H,6-8,11,14,19-24,26H2,1-5H3,(H2,47,53)(H,49,60)(H,50,59)/t28-,33+,37-,42+/m0/s1. The lowest BCUT2D eigenvalue weighted by Gasteiger charge is -2.35. The van der Waals surface area contributed by atoms with Crippen LogP contribution in [0.5, 0.6) is 5.75 Å². The van der Waals surface area contributed by atoms with E-state index in [0.29, 0.717) is 35.4 Å². The van der Waals surface area contributed by atoms with Gasteiger partial charge in [0.2, 0.25) is 17.7 Å². The van der Waals surface area contributed by atoms with Crippen LogP contribution in [0, 0.1) is 12.3 Å². The Kier molecular flexibility index (Phi) is 13.9. The van der Waals surface area contributed by atoms with Crippen LogP contribution in [0.4, 0.5) is 5.82 Å². The van der Waals surface area contributed by atoms with Gasteiger partial charge in [0.25, 0.3) is 0 Å². The highest BCUT2D eigenvalue weighted by Crippen LogP contribution is 2.34. The number of hydrogen-bond donors (Lipinski definition) is 5. The van der Waals surface area contributed by atoms with Crippen molar-refractivity contribution in [1.29, 1.82) is 0 Å². The first-order valence-electron chi connectivity index (χ1n) is 21.8. The molecule has 7 rings (SSSR count). The molecule has 3 amide bonds. The van der Waals surface area contributed by atoms with Crippen LogP contribution in [0.25, 0.3) is 32.7 Å². The van der Waals surface area contributed by atoms with Gasteiger partial charge in [0.05, 0.1) is 45.5 Å². The normalized spacial score (nSPS) is 18.5. The fourth-order valence-electron chi connectivity index (χ4n) is 8.67. The van der Waals surface area contributed by atoms with Crippen molar-refractivity contribution in [3.8, 4) is 27.4 Å². The number of amides is 3. The van der Waals surface area contributed by atoms with Gasteiger partial charge in [-0.05, 0) is 80.8 Å². The molecular weight excluding hydrogens is 805 g/mol. The minimum atomic E-state index is -0.859. The molecule has 16 heteroatoms. The van der Waals surface area contributed by atoms with Crippen LogP contribution < -0.4 is 16.4 Å². The van der Waals surface area contributed by atoms with E-state index < -0.39 is 23.6 Å². The number of para-hydroxylation sites is 1. The van der Waals surface area contributed by atoms with Gasteiger partial charge in [0.1, 0.15) is 17.8 Å². The molecule has 0 saturated carbocycles. The zero-order valence-corrected chi connectivity index (χ0v) is 37.2. The highest BCUT2D eigenvalue weighted by Gasteiger charge is 2.44. The summed E-state index contributed by atoms with van der Waals surface area (Å²) in [5.41, 5.74) is 12.9. The van der Waals surface area contributed by atoms with E-state index >= 15 is 0 Å². The number of unbranched alkanes of at least 4 members (excludes halogenated alkanes) is 3. The highest BCUT2D eigenvalue weighted by molar-refractivity contribution is 7.13. The molecule has 2 aromatic carbocycles. The first kappa shape index (κ1) is 44.6. The van der Waals surface area contributed by atoms with Crippen LogP contribution in [0.15, 0.2) is 60.1 Å². The number of phenolic OH excluding ortho intramolecular Hbond substituents is 1. The molecule has 0 radical (unpaired) electrons. The number of aliphatic hydroxyl groups is 1. The number of hydrogen-bond acceptors (Lipinski definition) is 12. The maximum absolute atomic E-state index is 14.1. The largest absolute Gasteiger partial charge is 0.507 e. The molecule has 3 aromatic heterocycles. The van der Waals surface area contributed by atoms with Gasteiger partial charge in [-0.3, -0.25) is 19.1 Å². The summed E-state index contributed by atoms with van der Waals surface area (Å²) < 4.78 is 1.97. The highest BCUT2D eigenvalue weighted by atomic mass is 32.1. The Labute approximate surface area is 367 Å².